The summed E-state index contributed by atoms with van der Waals surface area (Å²) in [5.74, 6) is 0. The van der Waals surface area contributed by atoms with Gasteiger partial charge in [0.1, 0.15) is 11.2 Å². The summed E-state index contributed by atoms with van der Waals surface area (Å²) in [6.45, 7) is 0. The molecule has 226 valence electrons. The molecule has 2 nitrogen and oxygen atoms in total. The summed E-state index contributed by atoms with van der Waals surface area (Å²) in [6.07, 6.45) is 0. The maximum Gasteiger partial charge on any atom is 0.145 e. The second-order valence-corrected chi connectivity index (χ2v) is 12.2. The molecule has 9 rings (SSSR count). The summed E-state index contributed by atoms with van der Waals surface area (Å²) in [6, 6.07) is 64.4. The first-order chi connectivity index (χ1) is 23.8. The second kappa shape index (κ2) is 11.8. The van der Waals surface area contributed by atoms with Crippen molar-refractivity contribution < 1.29 is 4.42 Å². The maximum absolute atomic E-state index is 6.85. The van der Waals surface area contributed by atoms with Crippen molar-refractivity contribution >= 4 is 44.1 Å². The molecule has 1 N–H and O–H groups in total. The van der Waals surface area contributed by atoms with Gasteiger partial charge in [0.2, 0.25) is 0 Å². The predicted octanol–water partition coefficient (Wildman–Crippen LogP) is 13.2. The number of hydrogen-bond acceptors (Lipinski definition) is 2. The van der Waals surface area contributed by atoms with E-state index in [2.05, 4.69) is 187 Å². The van der Waals surface area contributed by atoms with Crippen LogP contribution in [0.5, 0.6) is 0 Å². The smallest absolute Gasteiger partial charge is 0.145 e. The topological polar surface area (TPSA) is 25.2 Å². The first-order valence-electron chi connectivity index (χ1n) is 16.3. The first kappa shape index (κ1) is 27.9. The van der Waals surface area contributed by atoms with E-state index >= 15 is 0 Å². The Bertz CT molecular complexity index is 2550. The van der Waals surface area contributed by atoms with Gasteiger partial charge in [-0.1, -0.05) is 146 Å². The molecule has 2 heteroatoms. The van der Waals surface area contributed by atoms with Crippen LogP contribution in [0.1, 0.15) is 0 Å². The molecule has 0 aliphatic carbocycles. The molecule has 0 radical (unpaired) electrons. The summed E-state index contributed by atoms with van der Waals surface area (Å²) >= 11 is 0. The van der Waals surface area contributed by atoms with Gasteiger partial charge in [0, 0.05) is 27.4 Å². The van der Waals surface area contributed by atoms with Crippen molar-refractivity contribution in [1.29, 1.82) is 0 Å². The fourth-order valence-corrected chi connectivity index (χ4v) is 6.83. The van der Waals surface area contributed by atoms with Gasteiger partial charge in [0.15, 0.2) is 0 Å². The van der Waals surface area contributed by atoms with Crippen molar-refractivity contribution in [2.45, 2.75) is 0 Å². The largest absolute Gasteiger partial charge is 0.455 e. The van der Waals surface area contributed by atoms with Gasteiger partial charge < -0.3 is 9.73 Å². The van der Waals surface area contributed by atoms with E-state index < -0.39 is 0 Å². The average Bonchev–Trinajstić information content (AvgIpc) is 3.55. The van der Waals surface area contributed by atoms with E-state index in [1.165, 1.54) is 38.8 Å². The summed E-state index contributed by atoms with van der Waals surface area (Å²) in [4.78, 5) is 0. The van der Waals surface area contributed by atoms with Gasteiger partial charge in [-0.15, -0.1) is 0 Å². The average molecular weight is 614 g/mol. The van der Waals surface area contributed by atoms with Gasteiger partial charge >= 0.3 is 0 Å². The zero-order valence-electron chi connectivity index (χ0n) is 26.2. The Morgan fingerprint density at radius 3 is 1.56 bits per heavy atom. The third-order valence-corrected chi connectivity index (χ3v) is 9.28. The van der Waals surface area contributed by atoms with E-state index in [4.69, 9.17) is 4.42 Å². The zero-order valence-corrected chi connectivity index (χ0v) is 26.2. The van der Waals surface area contributed by atoms with Crippen LogP contribution in [0.15, 0.2) is 186 Å². The van der Waals surface area contributed by atoms with Crippen molar-refractivity contribution in [1.82, 2.24) is 0 Å². The van der Waals surface area contributed by atoms with Gasteiger partial charge in [-0.25, -0.2) is 0 Å². The maximum atomic E-state index is 6.85. The lowest BCUT2D eigenvalue weighted by atomic mass is 9.96. The molecule has 0 saturated heterocycles. The quantitative estimate of drug-likeness (QED) is 0.202. The Balaban J connectivity index is 1.13. The molecule has 8 aromatic carbocycles. The summed E-state index contributed by atoms with van der Waals surface area (Å²) in [7, 11) is 0. The zero-order chi connectivity index (χ0) is 31.9. The highest BCUT2D eigenvalue weighted by Crippen LogP contribution is 2.44. The van der Waals surface area contributed by atoms with Crippen LogP contribution in [0.25, 0.3) is 77.2 Å². The SMILES string of the molecule is c1ccc(-c2ccc(-c3ccc(Nc4ccc5c(oc6c7ccccc7ccc56)c4-c4cccc(-c5ccccc5)c4)cc3)cc2)cc1. The van der Waals surface area contributed by atoms with Crippen LogP contribution in [-0.4, -0.2) is 0 Å². The lowest BCUT2D eigenvalue weighted by Crippen LogP contribution is -1.94. The molecule has 0 aliphatic heterocycles. The minimum atomic E-state index is 0.881. The number of rotatable bonds is 6. The number of nitrogens with one attached hydrogen (secondary N) is 1. The molecular weight excluding hydrogens is 583 g/mol. The molecule has 0 atom stereocenters. The third kappa shape index (κ3) is 5.01. The fraction of sp³-hybridized carbons (Fsp3) is 0. The Hall–Kier alpha value is -6.38. The molecule has 0 bridgehead atoms. The van der Waals surface area contributed by atoms with Crippen LogP contribution in [-0.2, 0) is 0 Å². The highest BCUT2D eigenvalue weighted by molar-refractivity contribution is 6.18. The van der Waals surface area contributed by atoms with Crippen molar-refractivity contribution in [3.8, 4) is 44.5 Å². The highest BCUT2D eigenvalue weighted by atomic mass is 16.3. The van der Waals surface area contributed by atoms with E-state index in [1.807, 2.05) is 0 Å². The molecule has 0 fully saturated rings. The number of fused-ring (bicyclic) bond motifs is 5. The monoisotopic (exact) mass is 613 g/mol. The van der Waals surface area contributed by atoms with Gasteiger partial charge in [-0.3, -0.25) is 0 Å². The number of benzene rings is 8. The van der Waals surface area contributed by atoms with E-state index in [1.54, 1.807) is 0 Å². The van der Waals surface area contributed by atoms with Crippen LogP contribution in [0.3, 0.4) is 0 Å². The van der Waals surface area contributed by atoms with E-state index in [-0.39, 0.29) is 0 Å². The molecule has 0 saturated carbocycles. The third-order valence-electron chi connectivity index (χ3n) is 9.28. The lowest BCUT2D eigenvalue weighted by molar-refractivity contribution is 0.674. The van der Waals surface area contributed by atoms with Crippen LogP contribution in [0, 0.1) is 0 Å². The van der Waals surface area contributed by atoms with Gasteiger partial charge in [-0.2, -0.15) is 0 Å². The number of hydrogen-bond donors (Lipinski definition) is 1. The molecule has 1 aromatic heterocycles. The first-order valence-corrected chi connectivity index (χ1v) is 16.3. The van der Waals surface area contributed by atoms with Crippen molar-refractivity contribution in [2.75, 3.05) is 5.32 Å². The molecule has 9 aromatic rings. The number of anilines is 2. The Kier molecular flexibility index (Phi) is 6.84. The molecule has 0 spiro atoms. The molecule has 0 aliphatic rings. The van der Waals surface area contributed by atoms with Gasteiger partial charge in [0.05, 0.1) is 5.69 Å². The predicted molar refractivity (Wildman–Crippen MR) is 203 cm³/mol. The molecule has 0 unspecified atom stereocenters. The summed E-state index contributed by atoms with van der Waals surface area (Å²) in [5.41, 5.74) is 13.1. The Morgan fingerprint density at radius 2 is 0.854 bits per heavy atom. The second-order valence-electron chi connectivity index (χ2n) is 12.2. The van der Waals surface area contributed by atoms with Crippen LogP contribution >= 0.6 is 0 Å². The van der Waals surface area contributed by atoms with Crippen LogP contribution < -0.4 is 5.32 Å². The van der Waals surface area contributed by atoms with Crippen molar-refractivity contribution in [2.24, 2.45) is 0 Å². The molecule has 1 heterocycles. The van der Waals surface area contributed by atoms with E-state index in [9.17, 15) is 0 Å². The van der Waals surface area contributed by atoms with Gasteiger partial charge in [0.25, 0.3) is 0 Å². The minimum absolute atomic E-state index is 0.881. The minimum Gasteiger partial charge on any atom is -0.455 e. The van der Waals surface area contributed by atoms with Crippen molar-refractivity contribution in [3.05, 3.63) is 182 Å². The summed E-state index contributed by atoms with van der Waals surface area (Å²) < 4.78 is 6.85. The van der Waals surface area contributed by atoms with Gasteiger partial charge in [-0.05, 0) is 80.7 Å². The van der Waals surface area contributed by atoms with Crippen LogP contribution in [0.2, 0.25) is 0 Å². The van der Waals surface area contributed by atoms with E-state index in [0.717, 1.165) is 49.8 Å². The van der Waals surface area contributed by atoms with Crippen LogP contribution in [0.4, 0.5) is 11.4 Å². The Morgan fingerprint density at radius 1 is 0.333 bits per heavy atom. The Labute approximate surface area is 279 Å². The van der Waals surface area contributed by atoms with E-state index in [0.29, 0.717) is 0 Å². The summed E-state index contributed by atoms with van der Waals surface area (Å²) in [5, 5.41) is 8.28. The molecule has 48 heavy (non-hydrogen) atoms. The lowest BCUT2D eigenvalue weighted by Gasteiger charge is -2.15. The number of furan rings is 1. The normalized spacial score (nSPS) is 11.3. The standard InChI is InChI=1S/C46H31NO/c1-3-10-31(11-4-1)33-18-20-34(21-19-33)35-22-25-39(26-23-35)47-43-29-28-42-41-27-24-36-14-7-8-17-40(36)45(41)48-46(42)44(43)38-16-9-15-37(30-38)32-12-5-2-6-13-32/h1-30,47H. The fourth-order valence-electron chi connectivity index (χ4n) is 6.83. The molecular formula is C46H31NO. The molecule has 0 amide bonds. The highest BCUT2D eigenvalue weighted by Gasteiger charge is 2.19. The van der Waals surface area contributed by atoms with Crippen molar-refractivity contribution in [3.63, 3.8) is 0 Å².